The zero-order valence-electron chi connectivity index (χ0n) is 11.2. The van der Waals surface area contributed by atoms with Gasteiger partial charge in [0, 0.05) is 26.2 Å². The summed E-state index contributed by atoms with van der Waals surface area (Å²) >= 11 is 0. The number of hydrogen-bond donors (Lipinski definition) is 4. The Kier molecular flexibility index (Phi) is 3.74. The fourth-order valence-electron chi connectivity index (χ4n) is 1.55. The number of nitrogens with one attached hydrogen (secondary N) is 1. The SMILES string of the molecule is CN(C)c1nc(N)nc(NCc2cccc(O)c2O)n1. The molecule has 1 heterocycles. The summed E-state index contributed by atoms with van der Waals surface area (Å²) in [7, 11) is 3.58. The molecule has 1 aromatic carbocycles. The quantitative estimate of drug-likeness (QED) is 0.597. The Morgan fingerprint density at radius 3 is 2.65 bits per heavy atom. The average molecular weight is 276 g/mol. The first-order valence-corrected chi connectivity index (χ1v) is 5.90. The van der Waals surface area contributed by atoms with E-state index < -0.39 is 0 Å². The molecule has 5 N–H and O–H groups in total. The highest BCUT2D eigenvalue weighted by molar-refractivity contribution is 5.47. The van der Waals surface area contributed by atoms with Gasteiger partial charge in [-0.15, -0.1) is 0 Å². The van der Waals surface area contributed by atoms with E-state index in [1.165, 1.54) is 6.07 Å². The smallest absolute Gasteiger partial charge is 0.231 e. The Morgan fingerprint density at radius 1 is 1.20 bits per heavy atom. The van der Waals surface area contributed by atoms with Gasteiger partial charge in [-0.25, -0.2) is 0 Å². The van der Waals surface area contributed by atoms with Gasteiger partial charge in [0.25, 0.3) is 0 Å². The Labute approximate surface area is 115 Å². The van der Waals surface area contributed by atoms with E-state index in [0.717, 1.165) is 0 Å². The summed E-state index contributed by atoms with van der Waals surface area (Å²) < 4.78 is 0. The Morgan fingerprint density at radius 2 is 1.95 bits per heavy atom. The molecule has 0 amide bonds. The van der Waals surface area contributed by atoms with E-state index in [1.54, 1.807) is 31.1 Å². The highest BCUT2D eigenvalue weighted by Crippen LogP contribution is 2.28. The maximum absolute atomic E-state index is 9.70. The summed E-state index contributed by atoms with van der Waals surface area (Å²) in [5.74, 6) is 0.485. The molecule has 0 spiro atoms. The van der Waals surface area contributed by atoms with E-state index in [2.05, 4.69) is 20.3 Å². The maximum atomic E-state index is 9.70. The van der Waals surface area contributed by atoms with Crippen molar-refractivity contribution in [2.75, 3.05) is 30.0 Å². The second-order valence-electron chi connectivity index (χ2n) is 4.35. The lowest BCUT2D eigenvalue weighted by molar-refractivity contribution is 0.400. The molecule has 0 unspecified atom stereocenters. The molecule has 0 aliphatic rings. The van der Waals surface area contributed by atoms with Gasteiger partial charge >= 0.3 is 0 Å². The van der Waals surface area contributed by atoms with Gasteiger partial charge in [0.2, 0.25) is 17.8 Å². The van der Waals surface area contributed by atoms with Gasteiger partial charge in [-0.1, -0.05) is 12.1 Å². The normalized spacial score (nSPS) is 10.3. The predicted octanol–water partition coefficient (Wildman–Crippen LogP) is 0.543. The van der Waals surface area contributed by atoms with Crippen LogP contribution in [-0.4, -0.2) is 39.3 Å². The molecule has 0 aliphatic carbocycles. The van der Waals surface area contributed by atoms with Crippen LogP contribution < -0.4 is 16.0 Å². The average Bonchev–Trinajstić information content (AvgIpc) is 2.40. The molecule has 8 heteroatoms. The lowest BCUT2D eigenvalue weighted by atomic mass is 10.2. The molecule has 0 bridgehead atoms. The first-order chi connectivity index (χ1) is 9.47. The number of anilines is 3. The van der Waals surface area contributed by atoms with Crippen LogP contribution in [0.4, 0.5) is 17.8 Å². The number of aromatic hydroxyl groups is 2. The topological polar surface area (TPSA) is 120 Å². The minimum Gasteiger partial charge on any atom is -0.504 e. The van der Waals surface area contributed by atoms with Crippen molar-refractivity contribution in [1.29, 1.82) is 0 Å². The van der Waals surface area contributed by atoms with Crippen LogP contribution in [0.2, 0.25) is 0 Å². The van der Waals surface area contributed by atoms with Crippen LogP contribution >= 0.6 is 0 Å². The Hall–Kier alpha value is -2.77. The number of aromatic nitrogens is 3. The fraction of sp³-hybridized carbons (Fsp3) is 0.250. The molecule has 1 aromatic heterocycles. The molecule has 2 rings (SSSR count). The molecule has 0 radical (unpaired) electrons. The molecule has 0 aliphatic heterocycles. The lowest BCUT2D eigenvalue weighted by Crippen LogP contribution is -2.16. The maximum Gasteiger partial charge on any atom is 0.231 e. The molecule has 0 fully saturated rings. The zero-order valence-corrected chi connectivity index (χ0v) is 11.2. The highest BCUT2D eigenvalue weighted by atomic mass is 16.3. The molecule has 106 valence electrons. The molecule has 0 saturated carbocycles. The first-order valence-electron chi connectivity index (χ1n) is 5.90. The largest absolute Gasteiger partial charge is 0.504 e. The summed E-state index contributed by atoms with van der Waals surface area (Å²) in [6.07, 6.45) is 0. The van der Waals surface area contributed by atoms with E-state index >= 15 is 0 Å². The summed E-state index contributed by atoms with van der Waals surface area (Å²) in [6.45, 7) is 0.247. The minimum atomic E-state index is -0.173. The number of nitrogens with two attached hydrogens (primary N) is 1. The zero-order chi connectivity index (χ0) is 14.7. The standard InChI is InChI=1S/C12H16N6O2/c1-18(2)12-16-10(13)15-11(17-12)14-6-7-4-3-5-8(19)9(7)20/h3-5,19-20H,6H2,1-2H3,(H3,13,14,15,16,17). The number of benzene rings is 1. The van der Waals surface area contributed by atoms with Gasteiger partial charge < -0.3 is 26.2 Å². The molecule has 20 heavy (non-hydrogen) atoms. The number of nitrogen functional groups attached to an aromatic ring is 1. The summed E-state index contributed by atoms with van der Waals surface area (Å²) in [5.41, 5.74) is 6.13. The van der Waals surface area contributed by atoms with Crippen LogP contribution in [0.3, 0.4) is 0 Å². The predicted molar refractivity (Wildman–Crippen MR) is 75.7 cm³/mol. The van der Waals surface area contributed by atoms with Gasteiger partial charge in [-0.2, -0.15) is 15.0 Å². The molecular weight excluding hydrogens is 260 g/mol. The van der Waals surface area contributed by atoms with Crippen molar-refractivity contribution in [3.8, 4) is 11.5 Å². The van der Waals surface area contributed by atoms with Crippen molar-refractivity contribution >= 4 is 17.8 Å². The number of nitrogens with zero attached hydrogens (tertiary/aromatic N) is 4. The summed E-state index contributed by atoms with van der Waals surface area (Å²) in [4.78, 5) is 13.8. The van der Waals surface area contributed by atoms with Gasteiger partial charge in [0.15, 0.2) is 11.5 Å². The number of phenols is 2. The third-order valence-corrected chi connectivity index (χ3v) is 2.58. The van der Waals surface area contributed by atoms with Crippen molar-refractivity contribution in [3.05, 3.63) is 23.8 Å². The van der Waals surface area contributed by atoms with Crippen molar-refractivity contribution in [2.45, 2.75) is 6.54 Å². The lowest BCUT2D eigenvalue weighted by Gasteiger charge is -2.12. The second kappa shape index (κ2) is 5.47. The number of phenolic OH excluding ortho intramolecular Hbond substituents is 2. The molecule has 0 saturated heterocycles. The first kappa shape index (κ1) is 13.7. The second-order valence-corrected chi connectivity index (χ2v) is 4.35. The van der Waals surface area contributed by atoms with Crippen molar-refractivity contribution in [3.63, 3.8) is 0 Å². The van der Waals surface area contributed by atoms with Crippen molar-refractivity contribution in [1.82, 2.24) is 15.0 Å². The van der Waals surface area contributed by atoms with Crippen LogP contribution in [0.15, 0.2) is 18.2 Å². The number of para-hydroxylation sites is 1. The summed E-state index contributed by atoms with van der Waals surface area (Å²) in [6, 6.07) is 4.72. The molecule has 2 aromatic rings. The van der Waals surface area contributed by atoms with Gasteiger partial charge in [0.05, 0.1) is 0 Å². The van der Waals surface area contributed by atoms with Gasteiger partial charge in [0.1, 0.15) is 0 Å². The molecule has 8 nitrogen and oxygen atoms in total. The molecule has 0 atom stereocenters. The Bertz CT molecular complexity index is 617. The number of hydrogen-bond acceptors (Lipinski definition) is 8. The van der Waals surface area contributed by atoms with Crippen LogP contribution in [0.5, 0.6) is 11.5 Å². The highest BCUT2D eigenvalue weighted by Gasteiger charge is 2.08. The van der Waals surface area contributed by atoms with E-state index in [1.807, 2.05) is 0 Å². The molecular formula is C12H16N6O2. The fourth-order valence-corrected chi connectivity index (χ4v) is 1.55. The third-order valence-electron chi connectivity index (χ3n) is 2.58. The van der Waals surface area contributed by atoms with Crippen LogP contribution in [0.1, 0.15) is 5.56 Å². The minimum absolute atomic E-state index is 0.103. The Balaban J connectivity index is 2.16. The van der Waals surface area contributed by atoms with E-state index in [9.17, 15) is 10.2 Å². The monoisotopic (exact) mass is 276 g/mol. The van der Waals surface area contributed by atoms with Crippen LogP contribution in [0.25, 0.3) is 0 Å². The van der Waals surface area contributed by atoms with Gasteiger partial charge in [-0.3, -0.25) is 0 Å². The number of rotatable bonds is 4. The van der Waals surface area contributed by atoms with Crippen molar-refractivity contribution in [2.24, 2.45) is 0 Å². The third kappa shape index (κ3) is 2.97. The van der Waals surface area contributed by atoms with E-state index in [4.69, 9.17) is 5.73 Å². The van der Waals surface area contributed by atoms with E-state index in [-0.39, 0.29) is 24.0 Å². The summed E-state index contributed by atoms with van der Waals surface area (Å²) in [5, 5.41) is 22.0. The van der Waals surface area contributed by atoms with E-state index in [0.29, 0.717) is 17.5 Å². The van der Waals surface area contributed by atoms with Crippen LogP contribution in [-0.2, 0) is 6.54 Å². The van der Waals surface area contributed by atoms with Crippen LogP contribution in [0, 0.1) is 0 Å². The van der Waals surface area contributed by atoms with Gasteiger partial charge in [-0.05, 0) is 6.07 Å². The van der Waals surface area contributed by atoms with Crippen molar-refractivity contribution < 1.29 is 10.2 Å².